The first-order valence-corrected chi connectivity index (χ1v) is 9.11. The van der Waals surface area contributed by atoms with Crippen molar-refractivity contribution in [3.05, 3.63) is 47.0 Å². The molecular weight excluding hydrogens is 335 g/mol. The molecule has 1 aliphatic heterocycles. The second-order valence-corrected chi connectivity index (χ2v) is 7.03. The van der Waals surface area contributed by atoms with Crippen molar-refractivity contribution in [1.29, 1.82) is 0 Å². The van der Waals surface area contributed by atoms with E-state index in [4.69, 9.17) is 10.5 Å². The Morgan fingerprint density at radius 2 is 2.00 bits per heavy atom. The van der Waals surface area contributed by atoms with E-state index in [2.05, 4.69) is 10.4 Å². The molecule has 2 aromatic rings. The second-order valence-electron chi connectivity index (χ2n) is 7.03. The Hall–Kier alpha value is -2.41. The van der Waals surface area contributed by atoms with Crippen molar-refractivity contribution in [2.24, 2.45) is 0 Å². The highest BCUT2D eigenvalue weighted by Gasteiger charge is 2.33. The Bertz CT molecular complexity index is 810. The van der Waals surface area contributed by atoms with Crippen LogP contribution in [-0.4, -0.2) is 34.9 Å². The number of rotatable bonds is 5. The molecule has 7 heteroatoms. The van der Waals surface area contributed by atoms with E-state index in [1.807, 2.05) is 0 Å². The minimum atomic E-state index is -0.281. The first-order valence-electron chi connectivity index (χ1n) is 9.11. The number of nitrogens with two attached hydrogens (primary N) is 1. The predicted octanol–water partition coefficient (Wildman–Crippen LogP) is 2.44. The first-order chi connectivity index (χ1) is 12.6. The van der Waals surface area contributed by atoms with Crippen molar-refractivity contribution in [2.75, 3.05) is 18.9 Å². The number of nitrogens with one attached hydrogen (secondary N) is 1. The zero-order valence-electron chi connectivity index (χ0n) is 14.6. The molecule has 1 amide bonds. The van der Waals surface area contributed by atoms with Gasteiger partial charge in [0, 0.05) is 30.7 Å². The quantitative estimate of drug-likeness (QED) is 0.860. The molecule has 0 spiro atoms. The van der Waals surface area contributed by atoms with E-state index < -0.39 is 0 Å². The minimum absolute atomic E-state index is 0.0803. The number of aromatic nitrogens is 2. The van der Waals surface area contributed by atoms with Crippen molar-refractivity contribution in [3.8, 4) is 0 Å². The van der Waals surface area contributed by atoms with Crippen LogP contribution in [0.4, 0.5) is 10.1 Å². The van der Waals surface area contributed by atoms with Crippen LogP contribution in [0.25, 0.3) is 0 Å². The summed E-state index contributed by atoms with van der Waals surface area (Å²) in [6.45, 7) is 1.57. The van der Waals surface area contributed by atoms with E-state index in [-0.39, 0.29) is 30.0 Å². The molecule has 0 radical (unpaired) electrons. The highest BCUT2D eigenvalue weighted by atomic mass is 19.1. The average molecular weight is 358 g/mol. The molecule has 1 saturated carbocycles. The monoisotopic (exact) mass is 358 g/mol. The van der Waals surface area contributed by atoms with Crippen LogP contribution in [0.5, 0.6) is 0 Å². The molecule has 1 aromatic carbocycles. The Labute approximate surface area is 151 Å². The van der Waals surface area contributed by atoms with Gasteiger partial charge in [0.25, 0.3) is 5.91 Å². The highest BCUT2D eigenvalue weighted by molar-refractivity contribution is 5.98. The van der Waals surface area contributed by atoms with Crippen LogP contribution in [0, 0.1) is 5.82 Å². The molecule has 2 heterocycles. The smallest absolute Gasteiger partial charge is 0.274 e. The molecule has 26 heavy (non-hydrogen) atoms. The number of hydrogen-bond acceptors (Lipinski definition) is 4. The van der Waals surface area contributed by atoms with Gasteiger partial charge in [0.2, 0.25) is 0 Å². The zero-order valence-corrected chi connectivity index (χ0v) is 14.6. The molecular formula is C19H23FN4O2. The number of nitrogens with zero attached hydrogens (tertiary/aromatic N) is 2. The van der Waals surface area contributed by atoms with E-state index in [9.17, 15) is 9.18 Å². The molecule has 4 rings (SSSR count). The number of amides is 1. The standard InChI is InChI=1S/C19H23FN4O2/c20-15-4-2-1-3-13(15)11-24-18(12-5-6-12)16(21)17(23-24)19(25)22-14-7-9-26-10-8-14/h1-4,12,14H,5-11,21H2,(H,22,25). The molecule has 0 atom stereocenters. The van der Waals surface area contributed by atoms with Gasteiger partial charge in [0.1, 0.15) is 5.82 Å². The number of ether oxygens (including phenoxy) is 1. The van der Waals surface area contributed by atoms with Crippen LogP contribution in [0.2, 0.25) is 0 Å². The topological polar surface area (TPSA) is 82.2 Å². The van der Waals surface area contributed by atoms with E-state index in [0.717, 1.165) is 31.4 Å². The number of benzene rings is 1. The van der Waals surface area contributed by atoms with Crippen LogP contribution in [0.1, 0.15) is 53.3 Å². The van der Waals surface area contributed by atoms with E-state index in [1.54, 1.807) is 22.9 Å². The van der Waals surface area contributed by atoms with Crippen molar-refractivity contribution in [2.45, 2.75) is 44.2 Å². The van der Waals surface area contributed by atoms with Crippen molar-refractivity contribution in [3.63, 3.8) is 0 Å². The Balaban J connectivity index is 1.59. The lowest BCUT2D eigenvalue weighted by Gasteiger charge is -2.22. The van der Waals surface area contributed by atoms with Crippen LogP contribution in [0.15, 0.2) is 24.3 Å². The van der Waals surface area contributed by atoms with Gasteiger partial charge >= 0.3 is 0 Å². The number of hydrogen-bond donors (Lipinski definition) is 2. The third-order valence-corrected chi connectivity index (χ3v) is 5.04. The van der Waals surface area contributed by atoms with E-state index >= 15 is 0 Å². The van der Waals surface area contributed by atoms with Crippen LogP contribution < -0.4 is 11.1 Å². The normalized spacial score (nSPS) is 18.0. The maximum absolute atomic E-state index is 14.0. The SMILES string of the molecule is Nc1c(C(=O)NC2CCOCC2)nn(Cc2ccccc2F)c1C1CC1. The van der Waals surface area contributed by atoms with Crippen LogP contribution >= 0.6 is 0 Å². The number of carbonyl (C=O) groups excluding carboxylic acids is 1. The lowest BCUT2D eigenvalue weighted by atomic mass is 10.1. The molecule has 0 bridgehead atoms. The maximum Gasteiger partial charge on any atom is 0.274 e. The van der Waals surface area contributed by atoms with Crippen molar-refractivity contribution < 1.29 is 13.9 Å². The highest BCUT2D eigenvalue weighted by Crippen LogP contribution is 2.43. The van der Waals surface area contributed by atoms with Gasteiger partial charge in [0.15, 0.2) is 5.69 Å². The maximum atomic E-state index is 14.0. The molecule has 3 N–H and O–H groups in total. The number of nitrogen functional groups attached to an aromatic ring is 1. The van der Waals surface area contributed by atoms with Crippen LogP contribution in [0.3, 0.4) is 0 Å². The first kappa shape index (κ1) is 17.0. The summed E-state index contributed by atoms with van der Waals surface area (Å²) in [6, 6.07) is 6.69. The van der Waals surface area contributed by atoms with E-state index in [1.165, 1.54) is 6.07 Å². The third-order valence-electron chi connectivity index (χ3n) is 5.04. The second kappa shape index (κ2) is 7.07. The Kier molecular flexibility index (Phi) is 4.63. The molecule has 1 aromatic heterocycles. The fourth-order valence-corrected chi connectivity index (χ4v) is 3.45. The molecule has 1 saturated heterocycles. The predicted molar refractivity (Wildman–Crippen MR) is 95.4 cm³/mol. The van der Waals surface area contributed by atoms with Gasteiger partial charge in [-0.1, -0.05) is 18.2 Å². The lowest BCUT2D eigenvalue weighted by molar-refractivity contribution is 0.0694. The van der Waals surface area contributed by atoms with Crippen molar-refractivity contribution in [1.82, 2.24) is 15.1 Å². The van der Waals surface area contributed by atoms with Gasteiger partial charge in [0.05, 0.1) is 17.9 Å². The Morgan fingerprint density at radius 3 is 2.69 bits per heavy atom. The van der Waals surface area contributed by atoms with Crippen LogP contribution in [-0.2, 0) is 11.3 Å². The fraction of sp³-hybridized carbons (Fsp3) is 0.474. The van der Waals surface area contributed by atoms with Gasteiger partial charge in [-0.3, -0.25) is 9.48 Å². The van der Waals surface area contributed by atoms with Gasteiger partial charge in [-0.15, -0.1) is 0 Å². The number of anilines is 1. The summed E-state index contributed by atoms with van der Waals surface area (Å²) in [5.41, 5.74) is 8.34. The molecule has 1 aliphatic carbocycles. The summed E-state index contributed by atoms with van der Waals surface area (Å²) in [7, 11) is 0. The number of carbonyl (C=O) groups is 1. The van der Waals surface area contributed by atoms with Gasteiger partial charge < -0.3 is 15.8 Å². The molecule has 138 valence electrons. The summed E-state index contributed by atoms with van der Waals surface area (Å²) in [4.78, 5) is 12.7. The fourth-order valence-electron chi connectivity index (χ4n) is 3.45. The summed E-state index contributed by atoms with van der Waals surface area (Å²) < 4.78 is 21.1. The third kappa shape index (κ3) is 3.44. The summed E-state index contributed by atoms with van der Waals surface area (Å²) in [5.74, 6) is -0.237. The van der Waals surface area contributed by atoms with E-state index in [0.29, 0.717) is 30.4 Å². The summed E-state index contributed by atoms with van der Waals surface area (Å²) in [5, 5.41) is 7.46. The van der Waals surface area contributed by atoms with Gasteiger partial charge in [-0.2, -0.15) is 5.10 Å². The molecule has 2 aliphatic rings. The average Bonchev–Trinajstić information content (AvgIpc) is 3.42. The summed E-state index contributed by atoms with van der Waals surface area (Å²) >= 11 is 0. The van der Waals surface area contributed by atoms with Gasteiger partial charge in [-0.05, 0) is 31.7 Å². The minimum Gasteiger partial charge on any atom is -0.395 e. The molecule has 2 fully saturated rings. The van der Waals surface area contributed by atoms with Crippen molar-refractivity contribution >= 4 is 11.6 Å². The number of halogens is 1. The molecule has 6 nitrogen and oxygen atoms in total. The Morgan fingerprint density at radius 1 is 1.27 bits per heavy atom. The molecule has 0 unspecified atom stereocenters. The summed E-state index contributed by atoms with van der Waals surface area (Å²) in [6.07, 6.45) is 3.62. The zero-order chi connectivity index (χ0) is 18.1. The van der Waals surface area contributed by atoms with Gasteiger partial charge in [-0.25, -0.2) is 4.39 Å². The lowest BCUT2D eigenvalue weighted by Crippen LogP contribution is -2.39. The largest absolute Gasteiger partial charge is 0.395 e.